The highest BCUT2D eigenvalue weighted by atomic mass is 79.9. The van der Waals surface area contributed by atoms with Crippen molar-refractivity contribution in [3.63, 3.8) is 0 Å². The van der Waals surface area contributed by atoms with Gasteiger partial charge in [0.05, 0.1) is 13.0 Å². The maximum atomic E-state index is 13.7. The molecule has 0 spiro atoms. The maximum absolute atomic E-state index is 13.7. The van der Waals surface area contributed by atoms with E-state index >= 15 is 0 Å². The van der Waals surface area contributed by atoms with Crippen molar-refractivity contribution in [1.29, 1.82) is 0 Å². The molecule has 2 aromatic rings. The number of hydrogen-bond donors (Lipinski definition) is 2. The van der Waals surface area contributed by atoms with E-state index in [1.807, 2.05) is 47.4 Å². The molecule has 4 aliphatic heterocycles. The lowest BCUT2D eigenvalue weighted by Gasteiger charge is -2.59. The Morgan fingerprint density at radius 3 is 2.44 bits per heavy atom. The topological polar surface area (TPSA) is 96.4 Å². The van der Waals surface area contributed by atoms with Crippen LogP contribution in [0, 0.1) is 0 Å². The van der Waals surface area contributed by atoms with E-state index in [9.17, 15) is 19.5 Å². The number of benzene rings is 2. The summed E-state index contributed by atoms with van der Waals surface area (Å²) >= 11 is 7.15. The lowest BCUT2D eigenvalue weighted by atomic mass is 9.81. The van der Waals surface area contributed by atoms with Gasteiger partial charge in [-0.3, -0.25) is 9.80 Å². The molecule has 242 valence electrons. The van der Waals surface area contributed by atoms with Crippen molar-refractivity contribution in [1.82, 2.24) is 19.6 Å². The Bertz CT molecular complexity index is 1430. The van der Waals surface area contributed by atoms with E-state index in [0.29, 0.717) is 45.1 Å². The highest BCUT2D eigenvalue weighted by Crippen LogP contribution is 2.46. The molecule has 3 atom stereocenters. The molecule has 2 N–H and O–H groups in total. The molecule has 0 bridgehead atoms. The molecule has 0 aromatic heterocycles. The number of anilines is 1. The minimum atomic E-state index is -1.01. The number of carbonyl (C=O) groups is 3. The first-order chi connectivity index (χ1) is 21.7. The summed E-state index contributed by atoms with van der Waals surface area (Å²) in [5.41, 5.74) is 1.73. The largest absolute Gasteiger partial charge is 0.515 e. The van der Waals surface area contributed by atoms with E-state index in [4.69, 9.17) is 0 Å². The number of piperazine rings is 1. The number of nitrogens with zero attached hydrogens (tertiary/aromatic N) is 5. The van der Waals surface area contributed by atoms with Gasteiger partial charge in [0.2, 0.25) is 0 Å². The number of likely N-dealkylation sites (tertiary alicyclic amines) is 2. The van der Waals surface area contributed by atoms with Gasteiger partial charge in [-0.05, 0) is 75.5 Å². The second-order valence-electron chi connectivity index (χ2n) is 13.2. The van der Waals surface area contributed by atoms with E-state index in [1.165, 1.54) is 0 Å². The number of urea groups is 1. The van der Waals surface area contributed by atoms with Crippen LogP contribution in [0.4, 0.5) is 15.3 Å². The van der Waals surface area contributed by atoms with E-state index < -0.39 is 11.8 Å². The third-order valence-electron chi connectivity index (χ3n) is 10.8. The van der Waals surface area contributed by atoms with Crippen LogP contribution in [0.25, 0.3) is 0 Å². The van der Waals surface area contributed by atoms with Gasteiger partial charge in [-0.2, -0.15) is 4.79 Å². The average molecular weight is 748 g/mol. The Balaban J connectivity index is 1.36. The highest BCUT2D eigenvalue weighted by Gasteiger charge is 2.64. The lowest BCUT2D eigenvalue weighted by molar-refractivity contribution is -0.942. The molecule has 0 saturated carbocycles. The highest BCUT2D eigenvalue weighted by molar-refractivity contribution is 9.13. The number of piperidine rings is 2. The molecular weight excluding hydrogens is 704 g/mol. The van der Waals surface area contributed by atoms with Gasteiger partial charge in [-0.15, -0.1) is 0 Å². The molecule has 6 rings (SSSR count). The number of carboxylic acid groups (broad SMARTS) is 1. The summed E-state index contributed by atoms with van der Waals surface area (Å²) < 4.78 is 1.49. The van der Waals surface area contributed by atoms with Gasteiger partial charge < -0.3 is 25.0 Å². The van der Waals surface area contributed by atoms with Crippen LogP contribution in [0.15, 0.2) is 51.4 Å². The van der Waals surface area contributed by atoms with Crippen LogP contribution in [0.2, 0.25) is 0 Å². The van der Waals surface area contributed by atoms with E-state index in [-0.39, 0.29) is 29.5 Å². The van der Waals surface area contributed by atoms with Gasteiger partial charge in [0.1, 0.15) is 12.8 Å². The Morgan fingerprint density at radius 2 is 1.76 bits per heavy atom. The fraction of sp³-hybridized carbons (Fsp3) is 0.545. The van der Waals surface area contributed by atoms with Crippen LogP contribution in [0.3, 0.4) is 0 Å². The van der Waals surface area contributed by atoms with Crippen molar-refractivity contribution in [3.05, 3.63) is 62.5 Å². The summed E-state index contributed by atoms with van der Waals surface area (Å²) in [5.74, 6) is 0. The number of fused-ring (bicyclic) bond motifs is 1. The van der Waals surface area contributed by atoms with Gasteiger partial charge in [0, 0.05) is 90.9 Å². The lowest BCUT2D eigenvalue weighted by Crippen LogP contribution is -2.78. The first-order valence-electron chi connectivity index (χ1n) is 16.0. The van der Waals surface area contributed by atoms with Gasteiger partial charge in [0.15, 0.2) is 5.66 Å². The average Bonchev–Trinajstić information content (AvgIpc) is 3.04. The van der Waals surface area contributed by atoms with Crippen LogP contribution in [0.5, 0.6) is 0 Å². The van der Waals surface area contributed by atoms with Crippen LogP contribution >= 0.6 is 31.9 Å². The summed E-state index contributed by atoms with van der Waals surface area (Å²) in [7, 11) is 2.16. The third kappa shape index (κ3) is 6.21. The van der Waals surface area contributed by atoms with Crippen molar-refractivity contribution < 1.29 is 24.0 Å². The first kappa shape index (κ1) is 32.6. The molecule has 0 radical (unpaired) electrons. The molecule has 4 aliphatic rings. The number of nitrogens with one attached hydrogen (secondary N) is 1. The summed E-state index contributed by atoms with van der Waals surface area (Å²) in [6, 6.07) is 13.8. The number of carbonyl (C=O) groups excluding carboxylic acids is 2. The normalized spacial score (nSPS) is 28.8. The number of amides is 3. The van der Waals surface area contributed by atoms with Gasteiger partial charge in [0.25, 0.3) is 0 Å². The zero-order valence-corrected chi connectivity index (χ0v) is 29.0. The molecule has 3 saturated heterocycles. The van der Waals surface area contributed by atoms with Gasteiger partial charge in [-0.25, -0.2) is 9.28 Å². The predicted octanol–water partition coefficient (Wildman–Crippen LogP) is 5.41. The van der Waals surface area contributed by atoms with Crippen molar-refractivity contribution in [3.8, 4) is 0 Å². The molecule has 2 unspecified atom stereocenters. The standard InChI is InChI=1S/C33H42Br2N6O4/c1-37-14-16-38(17-15-37)26-8-12-39(13-9-26)33(11-19-42)21-27(40-22-25-4-2-3-5-30(25)36-31(40)43)10-18-41(33,32(44)45)23-24-6-7-28(34)29(35)20-24/h2-7,19-20,26-27H,8-18,21-23H2,1H3,(H-,36,43,44,45)/p+1/t27?,33?,41-/m0/s1. The van der Waals surface area contributed by atoms with Gasteiger partial charge >= 0.3 is 12.1 Å². The minimum absolute atomic E-state index is 0.0821. The first-order valence-corrected chi connectivity index (χ1v) is 17.6. The number of aldehydes is 1. The molecular formula is C33H43Br2N6O4+. The SMILES string of the molecule is CN1CCN(C2CCN(C3(CC=O)CC(N4Cc5ccccc5NC4=O)CC[N@+]3(Cc3ccc(Br)c(Br)c3)C(=O)O)CC2)CC1. The Kier molecular flexibility index (Phi) is 9.71. The van der Waals surface area contributed by atoms with Crippen molar-refractivity contribution in [2.75, 3.05) is 58.2 Å². The molecule has 10 nitrogen and oxygen atoms in total. The van der Waals surface area contributed by atoms with Gasteiger partial charge in [-0.1, -0.05) is 24.3 Å². The van der Waals surface area contributed by atoms with E-state index in [1.54, 1.807) is 0 Å². The zero-order valence-electron chi connectivity index (χ0n) is 25.8. The molecule has 4 heterocycles. The Labute approximate surface area is 282 Å². The molecule has 3 amide bonds. The summed E-state index contributed by atoms with van der Waals surface area (Å²) in [5, 5.41) is 14.3. The number of hydrogen-bond acceptors (Lipinski definition) is 6. The smallest absolute Gasteiger partial charge is 0.435 e. The fourth-order valence-corrected chi connectivity index (χ4v) is 8.96. The number of quaternary nitrogens is 1. The van der Waals surface area contributed by atoms with Crippen LogP contribution < -0.4 is 5.32 Å². The van der Waals surface area contributed by atoms with Crippen LogP contribution in [-0.2, 0) is 17.9 Å². The number of para-hydroxylation sites is 1. The maximum Gasteiger partial charge on any atom is 0.515 e. The summed E-state index contributed by atoms with van der Waals surface area (Å²) in [6.45, 7) is 6.64. The monoisotopic (exact) mass is 745 g/mol. The minimum Gasteiger partial charge on any atom is -0.435 e. The second kappa shape index (κ2) is 13.4. The van der Waals surface area contributed by atoms with E-state index in [0.717, 1.165) is 71.1 Å². The quantitative estimate of drug-likeness (QED) is 0.289. The second-order valence-corrected chi connectivity index (χ2v) is 14.9. The summed E-state index contributed by atoms with van der Waals surface area (Å²) in [6.07, 6.45) is 2.85. The van der Waals surface area contributed by atoms with Crippen LogP contribution in [-0.4, -0.2) is 118 Å². The predicted molar refractivity (Wildman–Crippen MR) is 180 cm³/mol. The molecule has 2 aromatic carbocycles. The molecule has 45 heavy (non-hydrogen) atoms. The van der Waals surface area contributed by atoms with Crippen LogP contribution in [0.1, 0.15) is 43.2 Å². The number of halogens is 2. The molecule has 12 heteroatoms. The Hall–Kier alpha value is -2.35. The van der Waals surface area contributed by atoms with Crippen molar-refractivity contribution >= 4 is 56.0 Å². The third-order valence-corrected chi connectivity index (χ3v) is 12.7. The van der Waals surface area contributed by atoms with Crippen molar-refractivity contribution in [2.24, 2.45) is 0 Å². The zero-order chi connectivity index (χ0) is 31.8. The summed E-state index contributed by atoms with van der Waals surface area (Å²) in [4.78, 5) is 49.0. The molecule has 3 fully saturated rings. The van der Waals surface area contributed by atoms with E-state index in [2.05, 4.69) is 58.9 Å². The Morgan fingerprint density at radius 1 is 1.02 bits per heavy atom. The van der Waals surface area contributed by atoms with Crippen molar-refractivity contribution in [2.45, 2.75) is 62.9 Å². The fourth-order valence-electron chi connectivity index (χ4n) is 8.29. The number of rotatable bonds is 7. The molecule has 0 aliphatic carbocycles. The number of likely N-dealkylation sites (N-methyl/N-ethyl adjacent to an activating group) is 1.